The summed E-state index contributed by atoms with van der Waals surface area (Å²) in [5, 5.41) is 2.60. The van der Waals surface area contributed by atoms with E-state index in [-0.39, 0.29) is 42.5 Å². The third-order valence-electron chi connectivity index (χ3n) is 5.89. The van der Waals surface area contributed by atoms with Gasteiger partial charge >= 0.3 is 0 Å². The van der Waals surface area contributed by atoms with Crippen molar-refractivity contribution in [3.05, 3.63) is 60.2 Å². The number of fused-ring (bicyclic) bond motifs is 1. The minimum atomic E-state index is -3.15. The highest BCUT2D eigenvalue weighted by Crippen LogP contribution is 2.33. The molecule has 0 unspecified atom stereocenters. The number of rotatable bonds is 6. The standard InChI is InChI=1S/C23H27N3O5S/c1-24-23(28)21-14-25(19-9-5-6-10-20(19)31-21)15-22(27)26(13-17-7-3-2-4-8-17)18-11-12-32(29,30)16-18/h2-10,18,21H,11-16H2,1H3,(H,24,28)/t18-,21+/m1/s1. The van der Waals surface area contributed by atoms with Crippen LogP contribution in [-0.4, -0.2) is 68.9 Å². The van der Waals surface area contributed by atoms with E-state index < -0.39 is 15.9 Å². The molecule has 2 heterocycles. The lowest BCUT2D eigenvalue weighted by Crippen LogP contribution is -2.52. The summed E-state index contributed by atoms with van der Waals surface area (Å²) in [6, 6.07) is 16.5. The molecule has 0 saturated carbocycles. The van der Waals surface area contributed by atoms with Gasteiger partial charge in [0.1, 0.15) is 5.75 Å². The Kier molecular flexibility index (Phi) is 6.36. The van der Waals surface area contributed by atoms with Gasteiger partial charge in [-0.15, -0.1) is 0 Å². The van der Waals surface area contributed by atoms with Gasteiger partial charge in [-0.2, -0.15) is 0 Å². The summed E-state index contributed by atoms with van der Waals surface area (Å²) >= 11 is 0. The minimum Gasteiger partial charge on any atom is -0.477 e. The zero-order chi connectivity index (χ0) is 22.7. The molecule has 0 aliphatic carbocycles. The molecule has 2 aliphatic heterocycles. The van der Waals surface area contributed by atoms with E-state index in [1.165, 1.54) is 0 Å². The van der Waals surface area contributed by atoms with Crippen LogP contribution in [0.1, 0.15) is 12.0 Å². The molecule has 170 valence electrons. The highest BCUT2D eigenvalue weighted by Gasteiger charge is 2.37. The molecule has 0 radical (unpaired) electrons. The second kappa shape index (κ2) is 9.20. The summed E-state index contributed by atoms with van der Waals surface area (Å²) in [7, 11) is -1.61. The molecule has 2 aromatic rings. The lowest BCUT2D eigenvalue weighted by atomic mass is 10.1. The number of ether oxygens (including phenoxy) is 1. The van der Waals surface area contributed by atoms with Crippen LogP contribution in [0, 0.1) is 0 Å². The predicted molar refractivity (Wildman–Crippen MR) is 121 cm³/mol. The highest BCUT2D eigenvalue weighted by atomic mass is 32.2. The molecule has 1 N–H and O–H groups in total. The van der Waals surface area contributed by atoms with Gasteiger partial charge in [-0.25, -0.2) is 8.42 Å². The Morgan fingerprint density at radius 3 is 2.53 bits per heavy atom. The number of sulfone groups is 1. The van der Waals surface area contributed by atoms with Crippen LogP contribution in [0.2, 0.25) is 0 Å². The van der Waals surface area contributed by atoms with E-state index in [4.69, 9.17) is 4.74 Å². The van der Waals surface area contributed by atoms with E-state index in [2.05, 4.69) is 5.32 Å². The van der Waals surface area contributed by atoms with E-state index in [1.807, 2.05) is 53.4 Å². The first-order valence-electron chi connectivity index (χ1n) is 10.6. The van der Waals surface area contributed by atoms with E-state index >= 15 is 0 Å². The summed E-state index contributed by atoms with van der Waals surface area (Å²) in [5.41, 5.74) is 1.68. The number of nitrogens with zero attached hydrogens (tertiary/aromatic N) is 2. The lowest BCUT2D eigenvalue weighted by molar-refractivity contribution is -0.133. The largest absolute Gasteiger partial charge is 0.477 e. The van der Waals surface area contributed by atoms with Crippen molar-refractivity contribution < 1.29 is 22.7 Å². The molecule has 0 aromatic heterocycles. The van der Waals surface area contributed by atoms with Gasteiger partial charge in [0, 0.05) is 19.6 Å². The van der Waals surface area contributed by atoms with Crippen LogP contribution in [0.4, 0.5) is 5.69 Å². The van der Waals surface area contributed by atoms with Crippen molar-refractivity contribution in [1.82, 2.24) is 10.2 Å². The maximum atomic E-state index is 13.5. The molecule has 2 amide bonds. The number of nitrogens with one attached hydrogen (secondary N) is 1. The van der Waals surface area contributed by atoms with Gasteiger partial charge < -0.3 is 19.9 Å². The summed E-state index contributed by atoms with van der Waals surface area (Å²) < 4.78 is 30.1. The average Bonchev–Trinajstić information content (AvgIpc) is 3.16. The van der Waals surface area contributed by atoms with Crippen molar-refractivity contribution in [2.45, 2.75) is 25.1 Å². The van der Waals surface area contributed by atoms with Crippen LogP contribution in [-0.2, 0) is 26.0 Å². The number of amides is 2. The summed E-state index contributed by atoms with van der Waals surface area (Å²) in [6.07, 6.45) is -0.307. The average molecular weight is 458 g/mol. The van der Waals surface area contributed by atoms with Crippen LogP contribution in [0.3, 0.4) is 0 Å². The van der Waals surface area contributed by atoms with Gasteiger partial charge in [-0.3, -0.25) is 9.59 Å². The van der Waals surface area contributed by atoms with Gasteiger partial charge in [0.2, 0.25) is 5.91 Å². The Morgan fingerprint density at radius 1 is 1.12 bits per heavy atom. The van der Waals surface area contributed by atoms with E-state index in [0.717, 1.165) is 11.3 Å². The maximum absolute atomic E-state index is 13.5. The quantitative estimate of drug-likeness (QED) is 0.701. The van der Waals surface area contributed by atoms with Gasteiger partial charge in [0.25, 0.3) is 5.91 Å². The molecule has 2 atom stereocenters. The molecule has 9 heteroatoms. The molecule has 2 aromatic carbocycles. The third-order valence-corrected chi connectivity index (χ3v) is 7.64. The Morgan fingerprint density at radius 2 is 1.84 bits per heavy atom. The Hall–Kier alpha value is -3.07. The molecule has 0 spiro atoms. The second-order valence-corrected chi connectivity index (χ2v) is 10.4. The van der Waals surface area contributed by atoms with Crippen molar-refractivity contribution >= 4 is 27.3 Å². The molecule has 0 bridgehead atoms. The number of hydrogen-bond acceptors (Lipinski definition) is 6. The minimum absolute atomic E-state index is 0.0217. The summed E-state index contributed by atoms with van der Waals surface area (Å²) in [5.74, 6) is 0.170. The number of carbonyl (C=O) groups is 2. The SMILES string of the molecule is CNC(=O)[C@@H]1CN(CC(=O)N(Cc2ccccc2)[C@@H]2CCS(=O)(=O)C2)c2ccccc2O1. The lowest BCUT2D eigenvalue weighted by Gasteiger charge is -2.37. The van der Waals surface area contributed by atoms with Crippen LogP contribution in [0.5, 0.6) is 5.75 Å². The molecule has 32 heavy (non-hydrogen) atoms. The number of carbonyl (C=O) groups excluding carboxylic acids is 2. The van der Waals surface area contributed by atoms with Gasteiger partial charge in [0.15, 0.2) is 15.9 Å². The Labute approximate surface area is 188 Å². The van der Waals surface area contributed by atoms with Crippen LogP contribution >= 0.6 is 0 Å². The molecule has 4 rings (SSSR count). The van der Waals surface area contributed by atoms with Crippen LogP contribution in [0.15, 0.2) is 54.6 Å². The van der Waals surface area contributed by atoms with E-state index in [0.29, 0.717) is 18.7 Å². The Bertz CT molecular complexity index is 1090. The first-order chi connectivity index (χ1) is 15.4. The predicted octanol–water partition coefficient (Wildman–Crippen LogP) is 1.22. The van der Waals surface area contributed by atoms with Gasteiger partial charge in [-0.05, 0) is 24.1 Å². The summed E-state index contributed by atoms with van der Waals surface area (Å²) in [6.45, 7) is 0.590. The first kappa shape index (κ1) is 22.1. The fourth-order valence-corrected chi connectivity index (χ4v) is 5.96. The topological polar surface area (TPSA) is 96.0 Å². The number of para-hydroxylation sites is 2. The molecule has 2 aliphatic rings. The molecule has 1 fully saturated rings. The second-order valence-electron chi connectivity index (χ2n) is 8.13. The van der Waals surface area contributed by atoms with E-state index in [1.54, 1.807) is 18.0 Å². The zero-order valence-electron chi connectivity index (χ0n) is 17.9. The number of benzene rings is 2. The number of hydrogen-bond donors (Lipinski definition) is 1. The zero-order valence-corrected chi connectivity index (χ0v) is 18.8. The maximum Gasteiger partial charge on any atom is 0.262 e. The third kappa shape index (κ3) is 4.88. The van der Waals surface area contributed by atoms with Crippen molar-refractivity contribution in [2.75, 3.05) is 36.5 Å². The van der Waals surface area contributed by atoms with Gasteiger partial charge in [0.05, 0.1) is 30.3 Å². The normalized spacial score (nSPS) is 21.3. The number of anilines is 1. The molecule has 1 saturated heterocycles. The van der Waals surface area contributed by atoms with Crippen molar-refractivity contribution in [2.24, 2.45) is 0 Å². The summed E-state index contributed by atoms with van der Waals surface area (Å²) in [4.78, 5) is 29.3. The number of likely N-dealkylation sites (N-methyl/N-ethyl adjacent to an activating group) is 1. The first-order valence-corrected chi connectivity index (χ1v) is 12.4. The highest BCUT2D eigenvalue weighted by molar-refractivity contribution is 7.91. The molecule has 8 nitrogen and oxygen atoms in total. The fraction of sp³-hybridized carbons (Fsp3) is 0.391. The van der Waals surface area contributed by atoms with Crippen LogP contribution in [0.25, 0.3) is 0 Å². The Balaban J connectivity index is 1.58. The smallest absolute Gasteiger partial charge is 0.262 e. The van der Waals surface area contributed by atoms with Crippen molar-refractivity contribution in [3.63, 3.8) is 0 Å². The fourth-order valence-electron chi connectivity index (χ4n) is 4.23. The van der Waals surface area contributed by atoms with Crippen molar-refractivity contribution in [3.8, 4) is 5.75 Å². The van der Waals surface area contributed by atoms with Crippen LogP contribution < -0.4 is 15.0 Å². The van der Waals surface area contributed by atoms with Crippen molar-refractivity contribution in [1.29, 1.82) is 0 Å². The molecular weight excluding hydrogens is 430 g/mol. The van der Waals surface area contributed by atoms with E-state index in [9.17, 15) is 18.0 Å². The monoisotopic (exact) mass is 457 g/mol. The molecular formula is C23H27N3O5S. The van der Waals surface area contributed by atoms with Gasteiger partial charge in [-0.1, -0.05) is 42.5 Å².